The third-order valence-corrected chi connectivity index (χ3v) is 4.94. The SMILES string of the molecule is CC(=O)Nc1cccc(-c2cncc(OCC3(N(C)C(=O)OC(C)(C)C)CC3)c2)c1. The molecule has 0 aliphatic heterocycles. The lowest BCUT2D eigenvalue weighted by Gasteiger charge is -2.30. The standard InChI is InChI=1S/C23H29N3O4/c1-16(27)25-19-8-6-7-17(11-19)18-12-20(14-24-13-18)29-15-23(9-10-23)26(5)21(28)30-22(2,3)4/h6-8,11-14H,9-10,15H2,1-5H3,(H,25,27). The number of aromatic nitrogens is 1. The highest BCUT2D eigenvalue weighted by atomic mass is 16.6. The van der Waals surface area contributed by atoms with Gasteiger partial charge < -0.3 is 19.7 Å². The number of carbonyl (C=O) groups excluding carboxylic acids is 2. The maximum Gasteiger partial charge on any atom is 0.410 e. The van der Waals surface area contributed by atoms with Crippen LogP contribution in [0.5, 0.6) is 5.75 Å². The quantitative estimate of drug-likeness (QED) is 0.758. The van der Waals surface area contributed by atoms with Gasteiger partial charge in [-0.2, -0.15) is 0 Å². The van der Waals surface area contributed by atoms with E-state index in [1.165, 1.54) is 6.92 Å². The van der Waals surface area contributed by atoms with E-state index in [0.29, 0.717) is 12.4 Å². The Labute approximate surface area is 177 Å². The van der Waals surface area contributed by atoms with Gasteiger partial charge in [0, 0.05) is 31.4 Å². The van der Waals surface area contributed by atoms with Crippen molar-refractivity contribution in [2.75, 3.05) is 19.0 Å². The highest BCUT2D eigenvalue weighted by Gasteiger charge is 2.50. The molecule has 3 rings (SSSR count). The zero-order chi connectivity index (χ0) is 21.9. The second kappa shape index (κ2) is 8.34. The molecular formula is C23H29N3O4. The molecule has 0 atom stereocenters. The monoisotopic (exact) mass is 411 g/mol. The third kappa shape index (κ3) is 5.49. The van der Waals surface area contributed by atoms with Crippen molar-refractivity contribution in [3.05, 3.63) is 42.7 Å². The van der Waals surface area contributed by atoms with Gasteiger partial charge in [-0.3, -0.25) is 9.78 Å². The lowest BCUT2D eigenvalue weighted by Crippen LogP contribution is -2.45. The summed E-state index contributed by atoms with van der Waals surface area (Å²) in [6.07, 6.45) is 4.80. The second-order valence-electron chi connectivity index (χ2n) is 8.72. The van der Waals surface area contributed by atoms with Crippen molar-refractivity contribution >= 4 is 17.7 Å². The zero-order valence-electron chi connectivity index (χ0n) is 18.2. The number of benzene rings is 1. The summed E-state index contributed by atoms with van der Waals surface area (Å²) in [6.45, 7) is 7.41. The molecule has 1 heterocycles. The van der Waals surface area contributed by atoms with Gasteiger partial charge in [-0.05, 0) is 57.4 Å². The van der Waals surface area contributed by atoms with Crippen LogP contribution in [0.1, 0.15) is 40.5 Å². The minimum absolute atomic E-state index is 0.119. The van der Waals surface area contributed by atoms with Crippen LogP contribution in [-0.2, 0) is 9.53 Å². The van der Waals surface area contributed by atoms with Gasteiger partial charge in [0.25, 0.3) is 0 Å². The Bertz CT molecular complexity index is 932. The lowest BCUT2D eigenvalue weighted by atomic mass is 10.1. The number of carbonyl (C=O) groups is 2. The molecule has 1 fully saturated rings. The summed E-state index contributed by atoms with van der Waals surface area (Å²) in [5.41, 5.74) is 1.65. The molecule has 0 bridgehead atoms. The first-order valence-electron chi connectivity index (χ1n) is 10.0. The molecule has 30 heavy (non-hydrogen) atoms. The summed E-state index contributed by atoms with van der Waals surface area (Å²) in [7, 11) is 1.76. The van der Waals surface area contributed by atoms with Crippen LogP contribution in [-0.4, -0.2) is 46.7 Å². The molecule has 0 saturated heterocycles. The van der Waals surface area contributed by atoms with Crippen LogP contribution in [0, 0.1) is 0 Å². The topological polar surface area (TPSA) is 80.8 Å². The molecule has 1 saturated carbocycles. The van der Waals surface area contributed by atoms with E-state index >= 15 is 0 Å². The number of anilines is 1. The van der Waals surface area contributed by atoms with E-state index in [1.54, 1.807) is 24.3 Å². The largest absolute Gasteiger partial charge is 0.490 e. The minimum atomic E-state index is -0.535. The summed E-state index contributed by atoms with van der Waals surface area (Å²) >= 11 is 0. The first kappa shape index (κ1) is 21.6. The van der Waals surface area contributed by atoms with Gasteiger partial charge >= 0.3 is 6.09 Å². The Kier molecular flexibility index (Phi) is 6.01. The third-order valence-electron chi connectivity index (χ3n) is 4.94. The summed E-state index contributed by atoms with van der Waals surface area (Å²) < 4.78 is 11.5. The Morgan fingerprint density at radius 3 is 2.53 bits per heavy atom. The normalized spacial score (nSPS) is 14.6. The van der Waals surface area contributed by atoms with Crippen molar-refractivity contribution in [3.8, 4) is 16.9 Å². The average Bonchev–Trinajstić information content (AvgIpc) is 3.45. The van der Waals surface area contributed by atoms with Crippen LogP contribution < -0.4 is 10.1 Å². The van der Waals surface area contributed by atoms with E-state index in [4.69, 9.17) is 9.47 Å². The number of nitrogens with zero attached hydrogens (tertiary/aromatic N) is 2. The molecule has 0 unspecified atom stereocenters. The highest BCUT2D eigenvalue weighted by molar-refractivity contribution is 5.89. The van der Waals surface area contributed by atoms with Gasteiger partial charge in [0.2, 0.25) is 5.91 Å². The molecular weight excluding hydrogens is 382 g/mol. The molecule has 0 radical (unpaired) electrons. The Morgan fingerprint density at radius 1 is 1.17 bits per heavy atom. The maximum absolute atomic E-state index is 12.4. The van der Waals surface area contributed by atoms with Gasteiger partial charge in [0.05, 0.1) is 11.7 Å². The first-order chi connectivity index (χ1) is 14.1. The van der Waals surface area contributed by atoms with E-state index in [-0.39, 0.29) is 17.5 Å². The smallest absolute Gasteiger partial charge is 0.410 e. The predicted octanol–water partition coefficient (Wildman–Crippen LogP) is 4.49. The summed E-state index contributed by atoms with van der Waals surface area (Å²) in [5.74, 6) is 0.507. The predicted molar refractivity (Wildman–Crippen MR) is 115 cm³/mol. The molecule has 7 heteroatoms. The van der Waals surface area contributed by atoms with Crippen molar-refractivity contribution in [2.45, 2.75) is 51.7 Å². The highest BCUT2D eigenvalue weighted by Crippen LogP contribution is 2.42. The van der Waals surface area contributed by atoms with Gasteiger partial charge in [0.1, 0.15) is 18.0 Å². The Hall–Kier alpha value is -3.09. The molecule has 2 aromatic rings. The van der Waals surface area contributed by atoms with Crippen molar-refractivity contribution in [1.29, 1.82) is 0 Å². The van der Waals surface area contributed by atoms with Crippen molar-refractivity contribution in [2.24, 2.45) is 0 Å². The number of hydrogen-bond donors (Lipinski definition) is 1. The number of hydrogen-bond acceptors (Lipinski definition) is 5. The number of nitrogens with one attached hydrogen (secondary N) is 1. The number of amides is 2. The van der Waals surface area contributed by atoms with Crippen LogP contribution in [0.4, 0.5) is 10.5 Å². The fourth-order valence-electron chi connectivity index (χ4n) is 3.10. The molecule has 1 aromatic heterocycles. The Balaban J connectivity index is 1.68. The molecule has 1 N–H and O–H groups in total. The van der Waals surface area contributed by atoms with Crippen LogP contribution in [0.25, 0.3) is 11.1 Å². The molecule has 1 aliphatic rings. The van der Waals surface area contributed by atoms with Crippen LogP contribution in [0.3, 0.4) is 0 Å². The minimum Gasteiger partial charge on any atom is -0.490 e. The zero-order valence-corrected chi connectivity index (χ0v) is 18.2. The molecule has 0 spiro atoms. The Morgan fingerprint density at radius 2 is 1.90 bits per heavy atom. The van der Waals surface area contributed by atoms with Crippen molar-refractivity contribution in [1.82, 2.24) is 9.88 Å². The molecule has 1 aromatic carbocycles. The lowest BCUT2D eigenvalue weighted by molar-refractivity contribution is -0.114. The fraction of sp³-hybridized carbons (Fsp3) is 0.435. The summed E-state index contributed by atoms with van der Waals surface area (Å²) in [4.78, 5) is 29.6. The van der Waals surface area contributed by atoms with E-state index in [9.17, 15) is 9.59 Å². The van der Waals surface area contributed by atoms with Crippen LogP contribution in [0.15, 0.2) is 42.7 Å². The summed E-state index contributed by atoms with van der Waals surface area (Å²) in [6, 6.07) is 9.46. The number of pyridine rings is 1. The van der Waals surface area contributed by atoms with Gasteiger partial charge in [-0.1, -0.05) is 12.1 Å². The van der Waals surface area contributed by atoms with Gasteiger partial charge in [0.15, 0.2) is 0 Å². The van der Waals surface area contributed by atoms with E-state index < -0.39 is 5.60 Å². The van der Waals surface area contributed by atoms with E-state index in [2.05, 4.69) is 10.3 Å². The molecule has 2 amide bonds. The first-order valence-corrected chi connectivity index (χ1v) is 10.0. The van der Waals surface area contributed by atoms with E-state index in [0.717, 1.165) is 29.7 Å². The molecule has 7 nitrogen and oxygen atoms in total. The van der Waals surface area contributed by atoms with Crippen molar-refractivity contribution < 1.29 is 19.1 Å². The molecule has 160 valence electrons. The van der Waals surface area contributed by atoms with Gasteiger partial charge in [-0.25, -0.2) is 4.79 Å². The molecule has 1 aliphatic carbocycles. The van der Waals surface area contributed by atoms with Crippen LogP contribution in [0.2, 0.25) is 0 Å². The number of ether oxygens (including phenoxy) is 2. The number of rotatable bonds is 6. The van der Waals surface area contributed by atoms with Crippen LogP contribution >= 0.6 is 0 Å². The van der Waals surface area contributed by atoms with Gasteiger partial charge in [-0.15, -0.1) is 0 Å². The number of likely N-dealkylation sites (N-methyl/N-ethyl adjacent to an activating group) is 1. The maximum atomic E-state index is 12.4. The average molecular weight is 412 g/mol. The fourth-order valence-corrected chi connectivity index (χ4v) is 3.10. The second-order valence-corrected chi connectivity index (χ2v) is 8.72. The van der Waals surface area contributed by atoms with E-state index in [1.807, 2.05) is 51.1 Å². The van der Waals surface area contributed by atoms with Crippen molar-refractivity contribution in [3.63, 3.8) is 0 Å². The summed E-state index contributed by atoms with van der Waals surface area (Å²) in [5, 5.41) is 2.78.